The van der Waals surface area contributed by atoms with Crippen molar-refractivity contribution in [1.29, 1.82) is 0 Å². The molecule has 0 aromatic carbocycles. The Morgan fingerprint density at radius 2 is 2.27 bits per heavy atom. The third kappa shape index (κ3) is 2.53. The molecule has 11 heavy (non-hydrogen) atoms. The van der Waals surface area contributed by atoms with Crippen LogP contribution >= 0.6 is 0 Å². The van der Waals surface area contributed by atoms with Gasteiger partial charge in [0.1, 0.15) is 11.6 Å². The minimum Gasteiger partial charge on any atom is -0.384 e. The summed E-state index contributed by atoms with van der Waals surface area (Å²) in [6, 6.07) is 1.70. The molecule has 0 radical (unpaired) electrons. The van der Waals surface area contributed by atoms with Gasteiger partial charge in [0.25, 0.3) is 0 Å². The second-order valence-electron chi connectivity index (χ2n) is 3.00. The fourth-order valence-corrected chi connectivity index (χ4v) is 0.878. The number of rotatable bonds is 2. The molecule has 0 saturated heterocycles. The van der Waals surface area contributed by atoms with Crippen LogP contribution in [0.2, 0.25) is 0 Å². The molecule has 1 aromatic heterocycles. The van der Waals surface area contributed by atoms with Gasteiger partial charge in [-0.3, -0.25) is 0 Å². The molecule has 0 bridgehead atoms. The number of aromatic nitrogens is 2. The summed E-state index contributed by atoms with van der Waals surface area (Å²) in [6.45, 7) is 4.26. The molecule has 1 aromatic rings. The van der Waals surface area contributed by atoms with Gasteiger partial charge in [-0.2, -0.15) is 0 Å². The number of nitrogen functional groups attached to an aromatic ring is 1. The van der Waals surface area contributed by atoms with Crippen molar-refractivity contribution in [1.82, 2.24) is 9.97 Å². The Balaban J connectivity index is 2.71. The van der Waals surface area contributed by atoms with Gasteiger partial charge in [0.2, 0.25) is 0 Å². The van der Waals surface area contributed by atoms with Gasteiger partial charge in [0, 0.05) is 12.6 Å². The highest BCUT2D eigenvalue weighted by Crippen LogP contribution is 2.03. The maximum atomic E-state index is 5.48. The van der Waals surface area contributed by atoms with Gasteiger partial charge in [-0.25, -0.2) is 9.97 Å². The normalized spacial score (nSPS) is 10.5. The van der Waals surface area contributed by atoms with Crippen molar-refractivity contribution in [3.8, 4) is 0 Å². The predicted molar refractivity (Wildman–Crippen MR) is 45.0 cm³/mol. The first-order valence-electron chi connectivity index (χ1n) is 3.76. The fraction of sp³-hybridized carbons (Fsp3) is 0.500. The van der Waals surface area contributed by atoms with Crippen LogP contribution in [-0.4, -0.2) is 9.97 Å². The van der Waals surface area contributed by atoms with E-state index in [0.29, 0.717) is 11.7 Å². The SMILES string of the molecule is CC(C)Cc1nccc(N)n1. The van der Waals surface area contributed by atoms with Crippen molar-refractivity contribution in [2.45, 2.75) is 20.3 Å². The fourth-order valence-electron chi connectivity index (χ4n) is 0.878. The molecule has 1 heterocycles. The van der Waals surface area contributed by atoms with E-state index in [0.717, 1.165) is 12.2 Å². The molecule has 0 amide bonds. The first-order valence-corrected chi connectivity index (χ1v) is 3.76. The molecule has 3 heteroatoms. The maximum Gasteiger partial charge on any atom is 0.130 e. The lowest BCUT2D eigenvalue weighted by Crippen LogP contribution is -2.02. The lowest BCUT2D eigenvalue weighted by atomic mass is 10.1. The second kappa shape index (κ2) is 3.32. The highest BCUT2D eigenvalue weighted by Gasteiger charge is 1.99. The van der Waals surface area contributed by atoms with E-state index in [4.69, 9.17) is 5.73 Å². The Kier molecular flexibility index (Phi) is 2.41. The van der Waals surface area contributed by atoms with E-state index >= 15 is 0 Å². The van der Waals surface area contributed by atoms with E-state index in [2.05, 4.69) is 23.8 Å². The Bertz CT molecular complexity index is 233. The third-order valence-corrected chi connectivity index (χ3v) is 1.32. The van der Waals surface area contributed by atoms with Crippen LogP contribution in [0.1, 0.15) is 19.7 Å². The Labute approximate surface area is 66.7 Å². The van der Waals surface area contributed by atoms with E-state index in [1.165, 1.54) is 0 Å². The van der Waals surface area contributed by atoms with Gasteiger partial charge in [-0.05, 0) is 12.0 Å². The van der Waals surface area contributed by atoms with Crippen LogP contribution < -0.4 is 5.73 Å². The molecular weight excluding hydrogens is 138 g/mol. The monoisotopic (exact) mass is 151 g/mol. The minimum atomic E-state index is 0.552. The number of hydrogen-bond donors (Lipinski definition) is 1. The third-order valence-electron chi connectivity index (χ3n) is 1.32. The first kappa shape index (κ1) is 7.98. The van der Waals surface area contributed by atoms with Gasteiger partial charge in [0.15, 0.2) is 0 Å². The van der Waals surface area contributed by atoms with Gasteiger partial charge < -0.3 is 5.73 Å². The quantitative estimate of drug-likeness (QED) is 0.692. The zero-order valence-electron chi connectivity index (χ0n) is 6.91. The van der Waals surface area contributed by atoms with Crippen LogP contribution in [0.25, 0.3) is 0 Å². The van der Waals surface area contributed by atoms with Crippen molar-refractivity contribution in [2.24, 2.45) is 5.92 Å². The number of nitrogens with two attached hydrogens (primary N) is 1. The van der Waals surface area contributed by atoms with Gasteiger partial charge in [-0.15, -0.1) is 0 Å². The predicted octanol–water partition coefficient (Wildman–Crippen LogP) is 1.26. The van der Waals surface area contributed by atoms with Crippen LogP contribution in [0.4, 0.5) is 5.82 Å². The molecule has 0 aliphatic heterocycles. The van der Waals surface area contributed by atoms with E-state index in [1.807, 2.05) is 0 Å². The Morgan fingerprint density at radius 1 is 1.55 bits per heavy atom. The summed E-state index contributed by atoms with van der Waals surface area (Å²) in [6.07, 6.45) is 2.59. The summed E-state index contributed by atoms with van der Waals surface area (Å²) >= 11 is 0. The summed E-state index contributed by atoms with van der Waals surface area (Å²) in [5.41, 5.74) is 5.48. The minimum absolute atomic E-state index is 0.552. The topological polar surface area (TPSA) is 51.8 Å². The summed E-state index contributed by atoms with van der Waals surface area (Å²) in [5.74, 6) is 1.97. The molecule has 0 fully saturated rings. The molecule has 0 saturated carbocycles. The van der Waals surface area contributed by atoms with E-state index in [1.54, 1.807) is 12.3 Å². The highest BCUT2D eigenvalue weighted by atomic mass is 14.9. The van der Waals surface area contributed by atoms with Crippen molar-refractivity contribution in [3.63, 3.8) is 0 Å². The number of hydrogen-bond acceptors (Lipinski definition) is 3. The van der Waals surface area contributed by atoms with Crippen LogP contribution in [0.3, 0.4) is 0 Å². The molecule has 0 spiro atoms. The summed E-state index contributed by atoms with van der Waals surface area (Å²) in [7, 11) is 0. The molecular formula is C8H13N3. The van der Waals surface area contributed by atoms with E-state index in [-0.39, 0.29) is 0 Å². The molecule has 0 aliphatic carbocycles. The number of anilines is 1. The Morgan fingerprint density at radius 3 is 2.82 bits per heavy atom. The van der Waals surface area contributed by atoms with Crippen molar-refractivity contribution in [3.05, 3.63) is 18.1 Å². The lowest BCUT2D eigenvalue weighted by Gasteiger charge is -2.02. The number of nitrogens with zero attached hydrogens (tertiary/aromatic N) is 2. The maximum absolute atomic E-state index is 5.48. The largest absolute Gasteiger partial charge is 0.384 e. The molecule has 0 atom stereocenters. The van der Waals surface area contributed by atoms with Crippen molar-refractivity contribution < 1.29 is 0 Å². The van der Waals surface area contributed by atoms with E-state index in [9.17, 15) is 0 Å². The molecule has 0 aliphatic rings. The zero-order valence-corrected chi connectivity index (χ0v) is 6.91. The summed E-state index contributed by atoms with van der Waals surface area (Å²) < 4.78 is 0. The van der Waals surface area contributed by atoms with Crippen LogP contribution in [0.5, 0.6) is 0 Å². The molecule has 0 unspecified atom stereocenters. The van der Waals surface area contributed by atoms with Crippen molar-refractivity contribution in [2.75, 3.05) is 5.73 Å². The van der Waals surface area contributed by atoms with Crippen LogP contribution in [0.15, 0.2) is 12.3 Å². The van der Waals surface area contributed by atoms with E-state index < -0.39 is 0 Å². The summed E-state index contributed by atoms with van der Waals surface area (Å²) in [5, 5.41) is 0. The standard InChI is InChI=1S/C8H13N3/c1-6(2)5-8-10-4-3-7(9)11-8/h3-4,6H,5H2,1-2H3,(H2,9,10,11). The molecule has 2 N–H and O–H groups in total. The summed E-state index contributed by atoms with van der Waals surface area (Å²) in [4.78, 5) is 8.17. The molecule has 1 rings (SSSR count). The average molecular weight is 151 g/mol. The van der Waals surface area contributed by atoms with Gasteiger partial charge in [-0.1, -0.05) is 13.8 Å². The first-order chi connectivity index (χ1) is 5.18. The average Bonchev–Trinajstić information content (AvgIpc) is 1.85. The molecule has 3 nitrogen and oxygen atoms in total. The highest BCUT2D eigenvalue weighted by molar-refractivity contribution is 5.24. The Hall–Kier alpha value is -1.12. The van der Waals surface area contributed by atoms with Crippen molar-refractivity contribution >= 4 is 5.82 Å². The smallest absolute Gasteiger partial charge is 0.130 e. The van der Waals surface area contributed by atoms with Gasteiger partial charge >= 0.3 is 0 Å². The molecule has 60 valence electrons. The van der Waals surface area contributed by atoms with Crippen LogP contribution in [0, 0.1) is 5.92 Å². The zero-order chi connectivity index (χ0) is 8.27. The lowest BCUT2D eigenvalue weighted by molar-refractivity contribution is 0.621. The van der Waals surface area contributed by atoms with Crippen LogP contribution in [-0.2, 0) is 6.42 Å². The van der Waals surface area contributed by atoms with Gasteiger partial charge in [0.05, 0.1) is 0 Å². The second-order valence-corrected chi connectivity index (χ2v) is 3.00.